The minimum atomic E-state index is -2.45. The number of carbonyl (C=O) groups excluding carboxylic acids is 1. The Balaban J connectivity index is 1.84. The van der Waals surface area contributed by atoms with Crippen LogP contribution in [0.1, 0.15) is 17.2 Å². The van der Waals surface area contributed by atoms with Gasteiger partial charge >= 0.3 is 0 Å². The Morgan fingerprint density at radius 2 is 1.57 bits per heavy atom. The third-order valence-electron chi connectivity index (χ3n) is 3.56. The van der Waals surface area contributed by atoms with Gasteiger partial charge < -0.3 is 10.2 Å². The highest BCUT2D eigenvalue weighted by atomic mass is 16.5. The minimum absolute atomic E-state index is 0.270. The molecule has 1 unspecified atom stereocenters. The lowest BCUT2D eigenvalue weighted by Gasteiger charge is -2.19. The Bertz CT molecular complexity index is 628. The van der Waals surface area contributed by atoms with Crippen molar-refractivity contribution in [2.24, 2.45) is 0 Å². The van der Waals surface area contributed by atoms with Crippen molar-refractivity contribution in [1.82, 2.24) is 10.4 Å². The largest absolute Gasteiger partial charge is 0.357 e. The highest BCUT2D eigenvalue weighted by Gasteiger charge is 2.52. The number of nitrogens with zero attached hydrogens (tertiary/aromatic N) is 1. The van der Waals surface area contributed by atoms with Crippen LogP contribution in [0.4, 0.5) is 0 Å². The SMILES string of the molecule is O=C1N(Cc2ccccc2)NC(c2ccccc2)C1(O)O. The summed E-state index contributed by atoms with van der Waals surface area (Å²) < 4.78 is 0. The van der Waals surface area contributed by atoms with Crippen LogP contribution in [0.25, 0.3) is 0 Å². The average molecular weight is 284 g/mol. The van der Waals surface area contributed by atoms with Gasteiger partial charge in [0.2, 0.25) is 0 Å². The molecule has 2 aromatic carbocycles. The molecular weight excluding hydrogens is 268 g/mol. The third kappa shape index (κ3) is 2.54. The number of hydrogen-bond acceptors (Lipinski definition) is 4. The first-order valence-corrected chi connectivity index (χ1v) is 6.71. The van der Waals surface area contributed by atoms with Crippen LogP contribution in [0.3, 0.4) is 0 Å². The van der Waals surface area contributed by atoms with Crippen molar-refractivity contribution in [3.63, 3.8) is 0 Å². The van der Waals surface area contributed by atoms with E-state index >= 15 is 0 Å². The minimum Gasteiger partial charge on any atom is -0.357 e. The van der Waals surface area contributed by atoms with E-state index in [9.17, 15) is 15.0 Å². The molecule has 0 aromatic heterocycles. The number of aliphatic hydroxyl groups is 2. The van der Waals surface area contributed by atoms with Crippen LogP contribution in [0.5, 0.6) is 0 Å². The maximum absolute atomic E-state index is 12.2. The quantitative estimate of drug-likeness (QED) is 0.734. The standard InChI is InChI=1S/C16H16N2O3/c19-15-16(20,21)14(13-9-5-2-6-10-13)17-18(15)11-12-7-3-1-4-8-12/h1-10,14,17,20-21H,11H2. The van der Waals surface area contributed by atoms with E-state index in [4.69, 9.17) is 0 Å². The number of benzene rings is 2. The summed E-state index contributed by atoms with van der Waals surface area (Å²) in [7, 11) is 0. The van der Waals surface area contributed by atoms with Crippen molar-refractivity contribution >= 4 is 5.91 Å². The van der Waals surface area contributed by atoms with E-state index in [1.807, 2.05) is 36.4 Å². The summed E-state index contributed by atoms with van der Waals surface area (Å²) in [5.74, 6) is -3.20. The average Bonchev–Trinajstić information content (AvgIpc) is 2.73. The molecule has 1 amide bonds. The summed E-state index contributed by atoms with van der Waals surface area (Å²) in [6, 6.07) is 17.4. The lowest BCUT2D eigenvalue weighted by atomic mass is 10.0. The Labute approximate surface area is 122 Å². The normalized spacial score (nSPS) is 20.8. The zero-order valence-corrected chi connectivity index (χ0v) is 11.3. The van der Waals surface area contributed by atoms with Gasteiger partial charge in [-0.3, -0.25) is 9.80 Å². The lowest BCUT2D eigenvalue weighted by molar-refractivity contribution is -0.187. The zero-order valence-electron chi connectivity index (χ0n) is 11.3. The molecule has 2 aromatic rings. The summed E-state index contributed by atoms with van der Waals surface area (Å²) in [5.41, 5.74) is 4.43. The summed E-state index contributed by atoms with van der Waals surface area (Å²) in [4.78, 5) is 12.2. The highest BCUT2D eigenvalue weighted by Crippen LogP contribution is 2.31. The first-order chi connectivity index (χ1) is 10.1. The van der Waals surface area contributed by atoms with Crippen LogP contribution < -0.4 is 5.43 Å². The fraction of sp³-hybridized carbons (Fsp3) is 0.188. The van der Waals surface area contributed by atoms with Gasteiger partial charge in [0.25, 0.3) is 11.7 Å². The van der Waals surface area contributed by atoms with Crippen molar-refractivity contribution in [3.05, 3.63) is 71.8 Å². The highest BCUT2D eigenvalue weighted by molar-refractivity contribution is 5.86. The Hall–Kier alpha value is -2.21. The summed E-state index contributed by atoms with van der Waals surface area (Å²) in [6.07, 6.45) is 0. The first-order valence-electron chi connectivity index (χ1n) is 6.71. The van der Waals surface area contributed by atoms with Crippen molar-refractivity contribution in [3.8, 4) is 0 Å². The van der Waals surface area contributed by atoms with E-state index in [1.165, 1.54) is 5.01 Å². The fourth-order valence-electron chi connectivity index (χ4n) is 2.46. The summed E-state index contributed by atoms with van der Waals surface area (Å²) in [5, 5.41) is 21.5. The number of nitrogens with one attached hydrogen (secondary N) is 1. The molecule has 1 atom stereocenters. The van der Waals surface area contributed by atoms with Gasteiger partial charge in [0.1, 0.15) is 6.04 Å². The van der Waals surface area contributed by atoms with Gasteiger partial charge in [0.05, 0.1) is 6.54 Å². The van der Waals surface area contributed by atoms with Crippen LogP contribution in [0.2, 0.25) is 0 Å². The van der Waals surface area contributed by atoms with Gasteiger partial charge in [-0.2, -0.15) is 0 Å². The molecule has 0 radical (unpaired) electrons. The predicted molar refractivity (Wildman–Crippen MR) is 76.5 cm³/mol. The molecule has 1 fully saturated rings. The van der Waals surface area contributed by atoms with Gasteiger partial charge in [-0.25, -0.2) is 5.43 Å². The Kier molecular flexibility index (Phi) is 3.47. The van der Waals surface area contributed by atoms with E-state index in [1.54, 1.807) is 24.3 Å². The number of hydrazine groups is 1. The molecule has 3 rings (SSSR count). The predicted octanol–water partition coefficient (Wildman–Crippen LogP) is 0.956. The molecule has 1 heterocycles. The van der Waals surface area contributed by atoms with Gasteiger partial charge in [0, 0.05) is 0 Å². The number of carbonyl (C=O) groups is 1. The Morgan fingerprint density at radius 3 is 2.19 bits per heavy atom. The van der Waals surface area contributed by atoms with Crippen LogP contribution in [-0.4, -0.2) is 26.9 Å². The second kappa shape index (κ2) is 5.29. The molecule has 108 valence electrons. The second-order valence-corrected chi connectivity index (χ2v) is 5.08. The maximum Gasteiger partial charge on any atom is 0.299 e. The first kappa shape index (κ1) is 13.8. The summed E-state index contributed by atoms with van der Waals surface area (Å²) >= 11 is 0. The third-order valence-corrected chi connectivity index (χ3v) is 3.56. The molecule has 5 nitrogen and oxygen atoms in total. The number of hydrogen-bond donors (Lipinski definition) is 3. The van der Waals surface area contributed by atoms with E-state index in [0.29, 0.717) is 5.56 Å². The van der Waals surface area contributed by atoms with Crippen LogP contribution in [0.15, 0.2) is 60.7 Å². The number of rotatable bonds is 3. The van der Waals surface area contributed by atoms with Crippen LogP contribution in [-0.2, 0) is 11.3 Å². The molecule has 3 N–H and O–H groups in total. The van der Waals surface area contributed by atoms with Crippen LogP contribution in [0, 0.1) is 0 Å². The summed E-state index contributed by atoms with van der Waals surface area (Å²) in [6.45, 7) is 0.270. The van der Waals surface area contributed by atoms with Crippen molar-refractivity contribution in [1.29, 1.82) is 0 Å². The molecule has 0 bridgehead atoms. The molecule has 1 aliphatic heterocycles. The topological polar surface area (TPSA) is 72.8 Å². The molecule has 1 saturated heterocycles. The fourth-order valence-corrected chi connectivity index (χ4v) is 2.46. The molecular formula is C16H16N2O3. The Morgan fingerprint density at radius 1 is 1.00 bits per heavy atom. The zero-order chi connectivity index (χ0) is 14.9. The van der Waals surface area contributed by atoms with Crippen molar-refractivity contribution < 1.29 is 15.0 Å². The lowest BCUT2D eigenvalue weighted by Crippen LogP contribution is -2.42. The molecule has 0 saturated carbocycles. The van der Waals surface area contributed by atoms with Crippen molar-refractivity contribution in [2.75, 3.05) is 0 Å². The van der Waals surface area contributed by atoms with Gasteiger partial charge in [-0.15, -0.1) is 0 Å². The maximum atomic E-state index is 12.2. The molecule has 0 spiro atoms. The monoisotopic (exact) mass is 284 g/mol. The smallest absolute Gasteiger partial charge is 0.299 e. The van der Waals surface area contributed by atoms with E-state index in [2.05, 4.69) is 5.43 Å². The van der Waals surface area contributed by atoms with Gasteiger partial charge in [-0.1, -0.05) is 60.7 Å². The molecule has 21 heavy (non-hydrogen) atoms. The van der Waals surface area contributed by atoms with E-state index in [0.717, 1.165) is 5.56 Å². The van der Waals surface area contributed by atoms with Gasteiger partial charge in [-0.05, 0) is 11.1 Å². The molecule has 1 aliphatic rings. The second-order valence-electron chi connectivity index (χ2n) is 5.08. The molecule has 0 aliphatic carbocycles. The van der Waals surface area contributed by atoms with Gasteiger partial charge in [0.15, 0.2) is 0 Å². The van der Waals surface area contributed by atoms with Crippen molar-refractivity contribution in [2.45, 2.75) is 18.4 Å². The van der Waals surface area contributed by atoms with Crippen LogP contribution >= 0.6 is 0 Å². The van der Waals surface area contributed by atoms with E-state index < -0.39 is 17.7 Å². The molecule has 5 heteroatoms. The number of amides is 1. The van der Waals surface area contributed by atoms with E-state index in [-0.39, 0.29) is 6.54 Å².